The van der Waals surface area contributed by atoms with E-state index in [1.165, 1.54) is 13.2 Å². The molecule has 0 unspecified atom stereocenters. The standard InChI is InChI=1S/C16H24FN3O3/c1-4-5-8-18-16(22)19-15(21)11-20(2)10-12-6-7-14(23-3)13(17)9-12/h6-7,9H,4-5,8,10-11H2,1-3H3,(H2,18,19,21,22). The van der Waals surface area contributed by atoms with Crippen molar-refractivity contribution in [2.75, 3.05) is 27.2 Å². The summed E-state index contributed by atoms with van der Waals surface area (Å²) in [5, 5.41) is 4.87. The Bertz CT molecular complexity index is 537. The summed E-state index contributed by atoms with van der Waals surface area (Å²) in [7, 11) is 3.12. The van der Waals surface area contributed by atoms with Gasteiger partial charge in [0.25, 0.3) is 0 Å². The van der Waals surface area contributed by atoms with Crippen molar-refractivity contribution in [1.82, 2.24) is 15.5 Å². The highest BCUT2D eigenvalue weighted by atomic mass is 19.1. The van der Waals surface area contributed by atoms with E-state index in [1.807, 2.05) is 6.92 Å². The minimum Gasteiger partial charge on any atom is -0.494 e. The summed E-state index contributed by atoms with van der Waals surface area (Å²) in [6.07, 6.45) is 1.83. The Morgan fingerprint density at radius 1 is 1.35 bits per heavy atom. The number of carbonyl (C=O) groups is 2. The number of ether oxygens (including phenoxy) is 1. The van der Waals surface area contributed by atoms with E-state index < -0.39 is 17.8 Å². The van der Waals surface area contributed by atoms with E-state index in [0.717, 1.165) is 12.8 Å². The lowest BCUT2D eigenvalue weighted by Gasteiger charge is -2.16. The third-order valence-electron chi connectivity index (χ3n) is 3.15. The Kier molecular flexibility index (Phi) is 8.04. The van der Waals surface area contributed by atoms with Gasteiger partial charge in [-0.3, -0.25) is 15.0 Å². The molecule has 0 bridgehead atoms. The number of likely N-dealkylation sites (N-methyl/N-ethyl adjacent to an activating group) is 1. The number of nitrogens with zero attached hydrogens (tertiary/aromatic N) is 1. The van der Waals surface area contributed by atoms with Crippen molar-refractivity contribution in [3.8, 4) is 5.75 Å². The molecule has 1 aromatic carbocycles. The molecule has 6 nitrogen and oxygen atoms in total. The highest BCUT2D eigenvalue weighted by Gasteiger charge is 2.11. The molecule has 0 heterocycles. The maximum Gasteiger partial charge on any atom is 0.321 e. The van der Waals surface area contributed by atoms with E-state index in [4.69, 9.17) is 4.74 Å². The van der Waals surface area contributed by atoms with Gasteiger partial charge in [-0.1, -0.05) is 19.4 Å². The molecule has 23 heavy (non-hydrogen) atoms. The molecule has 128 valence electrons. The Balaban J connectivity index is 2.40. The summed E-state index contributed by atoms with van der Waals surface area (Å²) in [5.41, 5.74) is 0.714. The number of carbonyl (C=O) groups excluding carboxylic acids is 2. The van der Waals surface area contributed by atoms with Gasteiger partial charge in [-0.15, -0.1) is 0 Å². The predicted molar refractivity (Wildman–Crippen MR) is 85.7 cm³/mol. The van der Waals surface area contributed by atoms with Gasteiger partial charge >= 0.3 is 6.03 Å². The molecule has 0 saturated carbocycles. The van der Waals surface area contributed by atoms with Crippen LogP contribution >= 0.6 is 0 Å². The van der Waals surface area contributed by atoms with Crippen molar-refractivity contribution in [1.29, 1.82) is 0 Å². The zero-order chi connectivity index (χ0) is 17.2. The Hall–Kier alpha value is -2.15. The summed E-state index contributed by atoms with van der Waals surface area (Å²) in [5.74, 6) is -0.675. The van der Waals surface area contributed by atoms with Crippen molar-refractivity contribution in [2.45, 2.75) is 26.3 Å². The minimum atomic E-state index is -0.493. The summed E-state index contributed by atoms with van der Waals surface area (Å²) >= 11 is 0. The minimum absolute atomic E-state index is 0.0366. The summed E-state index contributed by atoms with van der Waals surface area (Å²) in [4.78, 5) is 24.9. The topological polar surface area (TPSA) is 70.7 Å². The van der Waals surface area contributed by atoms with E-state index in [-0.39, 0.29) is 12.3 Å². The molecule has 0 atom stereocenters. The van der Waals surface area contributed by atoms with Crippen LogP contribution in [0.1, 0.15) is 25.3 Å². The van der Waals surface area contributed by atoms with Gasteiger partial charge in [0.15, 0.2) is 11.6 Å². The second-order valence-corrected chi connectivity index (χ2v) is 5.30. The van der Waals surface area contributed by atoms with Crippen LogP contribution in [0.15, 0.2) is 18.2 Å². The van der Waals surface area contributed by atoms with Crippen molar-refractivity contribution >= 4 is 11.9 Å². The van der Waals surface area contributed by atoms with Crippen LogP contribution in [-0.4, -0.2) is 44.1 Å². The number of methoxy groups -OCH3 is 1. The van der Waals surface area contributed by atoms with Crippen LogP contribution in [0.5, 0.6) is 5.75 Å². The van der Waals surface area contributed by atoms with Gasteiger partial charge < -0.3 is 10.1 Å². The molecular weight excluding hydrogens is 301 g/mol. The second kappa shape index (κ2) is 9.78. The molecule has 0 spiro atoms. The van der Waals surface area contributed by atoms with Crippen molar-refractivity contribution < 1.29 is 18.7 Å². The van der Waals surface area contributed by atoms with E-state index in [2.05, 4.69) is 10.6 Å². The first-order valence-corrected chi connectivity index (χ1v) is 7.55. The first-order valence-electron chi connectivity index (χ1n) is 7.55. The molecule has 1 rings (SSSR count). The van der Waals surface area contributed by atoms with Gasteiger partial charge in [-0.2, -0.15) is 0 Å². The van der Waals surface area contributed by atoms with E-state index in [9.17, 15) is 14.0 Å². The molecule has 0 saturated heterocycles. The van der Waals surface area contributed by atoms with Crippen molar-refractivity contribution in [3.05, 3.63) is 29.6 Å². The molecule has 3 amide bonds. The fraction of sp³-hybridized carbons (Fsp3) is 0.500. The molecular formula is C16H24FN3O3. The summed E-state index contributed by atoms with van der Waals surface area (Å²) in [6.45, 7) is 2.97. The average molecular weight is 325 g/mol. The van der Waals surface area contributed by atoms with Gasteiger partial charge in [0.2, 0.25) is 5.91 Å². The number of nitrogens with one attached hydrogen (secondary N) is 2. The Morgan fingerprint density at radius 3 is 2.70 bits per heavy atom. The molecule has 1 aromatic rings. The Morgan fingerprint density at radius 2 is 2.09 bits per heavy atom. The number of rotatable bonds is 8. The number of hydrogen-bond acceptors (Lipinski definition) is 4. The van der Waals surface area contributed by atoms with Crippen molar-refractivity contribution in [3.63, 3.8) is 0 Å². The SMILES string of the molecule is CCCCNC(=O)NC(=O)CN(C)Cc1ccc(OC)c(F)c1. The Labute approximate surface area is 136 Å². The van der Waals surface area contributed by atoms with Crippen LogP contribution in [0.25, 0.3) is 0 Å². The normalized spacial score (nSPS) is 10.5. The van der Waals surface area contributed by atoms with Crippen LogP contribution in [0, 0.1) is 5.82 Å². The lowest BCUT2D eigenvalue weighted by molar-refractivity contribution is -0.120. The molecule has 0 aliphatic rings. The zero-order valence-corrected chi connectivity index (χ0v) is 13.8. The summed E-state index contributed by atoms with van der Waals surface area (Å²) < 4.78 is 18.5. The maximum atomic E-state index is 13.6. The van der Waals surface area contributed by atoms with E-state index in [1.54, 1.807) is 24.1 Å². The molecule has 0 aliphatic heterocycles. The lowest BCUT2D eigenvalue weighted by atomic mass is 10.2. The smallest absolute Gasteiger partial charge is 0.321 e. The number of halogens is 1. The van der Waals surface area contributed by atoms with Gasteiger partial charge in [0, 0.05) is 13.1 Å². The van der Waals surface area contributed by atoms with Gasteiger partial charge in [0.05, 0.1) is 13.7 Å². The largest absolute Gasteiger partial charge is 0.494 e. The second-order valence-electron chi connectivity index (χ2n) is 5.30. The van der Waals surface area contributed by atoms with Gasteiger partial charge in [-0.05, 0) is 31.2 Å². The van der Waals surface area contributed by atoms with Gasteiger partial charge in [-0.25, -0.2) is 9.18 Å². The molecule has 0 aliphatic carbocycles. The van der Waals surface area contributed by atoms with Crippen LogP contribution in [0.3, 0.4) is 0 Å². The average Bonchev–Trinajstić information content (AvgIpc) is 2.47. The number of imide groups is 1. The van der Waals surface area contributed by atoms with Crippen LogP contribution in [0.4, 0.5) is 9.18 Å². The number of urea groups is 1. The fourth-order valence-electron chi connectivity index (χ4n) is 2.01. The zero-order valence-electron chi connectivity index (χ0n) is 13.8. The number of benzene rings is 1. The first kappa shape index (κ1) is 18.9. The molecule has 0 aromatic heterocycles. The van der Waals surface area contributed by atoms with E-state index in [0.29, 0.717) is 18.7 Å². The first-order chi connectivity index (χ1) is 11.0. The highest BCUT2D eigenvalue weighted by molar-refractivity contribution is 5.95. The molecule has 7 heteroatoms. The van der Waals surface area contributed by atoms with Crippen molar-refractivity contribution in [2.24, 2.45) is 0 Å². The molecule has 0 fully saturated rings. The third-order valence-corrected chi connectivity index (χ3v) is 3.15. The fourth-order valence-corrected chi connectivity index (χ4v) is 2.01. The summed E-state index contributed by atoms with van der Waals surface area (Å²) in [6, 6.07) is 4.14. The predicted octanol–water partition coefficient (Wildman–Crippen LogP) is 1.89. The molecule has 2 N–H and O–H groups in total. The molecule has 0 radical (unpaired) electrons. The quantitative estimate of drug-likeness (QED) is 0.716. The maximum absolute atomic E-state index is 13.6. The van der Waals surface area contributed by atoms with Crippen LogP contribution in [0.2, 0.25) is 0 Å². The van der Waals surface area contributed by atoms with Gasteiger partial charge in [0.1, 0.15) is 0 Å². The van der Waals surface area contributed by atoms with E-state index >= 15 is 0 Å². The van der Waals surface area contributed by atoms with Crippen LogP contribution in [-0.2, 0) is 11.3 Å². The lowest BCUT2D eigenvalue weighted by Crippen LogP contribution is -2.43. The monoisotopic (exact) mass is 325 g/mol. The van der Waals surface area contributed by atoms with Crippen LogP contribution < -0.4 is 15.4 Å². The number of hydrogen-bond donors (Lipinski definition) is 2. The third kappa shape index (κ3) is 7.10. The number of unbranched alkanes of at least 4 members (excludes halogenated alkanes) is 1. The number of amides is 3. The highest BCUT2D eigenvalue weighted by Crippen LogP contribution is 2.18.